The summed E-state index contributed by atoms with van der Waals surface area (Å²) in [7, 11) is 1.21. The number of anilines is 1. The quantitative estimate of drug-likeness (QED) is 0.599. The van der Waals surface area contributed by atoms with Crippen molar-refractivity contribution in [2.24, 2.45) is 7.05 Å². The molecule has 3 rings (SSSR count). The van der Waals surface area contributed by atoms with E-state index in [1.165, 1.54) is 23.9 Å². The van der Waals surface area contributed by atoms with E-state index < -0.39 is 29.5 Å². The molecule has 0 radical (unpaired) electrons. The summed E-state index contributed by atoms with van der Waals surface area (Å²) in [5.74, 6) is -0.824. The Hall–Kier alpha value is -3.31. The van der Waals surface area contributed by atoms with Crippen LogP contribution in [0.1, 0.15) is 38.7 Å². The summed E-state index contributed by atoms with van der Waals surface area (Å²) in [5, 5.41) is 10.0. The average Bonchev–Trinajstić information content (AvgIpc) is 3.17. The summed E-state index contributed by atoms with van der Waals surface area (Å²) >= 11 is 0. The number of nitrogens with zero attached hydrogens (tertiary/aromatic N) is 4. The van der Waals surface area contributed by atoms with Gasteiger partial charge in [-0.25, -0.2) is 0 Å². The second-order valence-electron chi connectivity index (χ2n) is 6.89. The van der Waals surface area contributed by atoms with Crippen molar-refractivity contribution in [2.75, 3.05) is 5.32 Å². The van der Waals surface area contributed by atoms with Crippen molar-refractivity contribution in [2.45, 2.75) is 32.7 Å². The molecule has 0 aliphatic rings. The molecule has 12 heteroatoms. The van der Waals surface area contributed by atoms with Crippen LogP contribution in [0.25, 0.3) is 0 Å². The van der Waals surface area contributed by atoms with Crippen LogP contribution in [0.3, 0.4) is 0 Å². The molecule has 166 valence electrons. The number of hydrogen-bond donors (Lipinski definition) is 1. The van der Waals surface area contributed by atoms with Crippen LogP contribution in [-0.2, 0) is 25.9 Å². The molecule has 6 nitrogen and oxygen atoms in total. The van der Waals surface area contributed by atoms with Gasteiger partial charge in [0.2, 0.25) is 0 Å². The summed E-state index contributed by atoms with van der Waals surface area (Å²) in [4.78, 5) is 12.5. The fourth-order valence-corrected chi connectivity index (χ4v) is 3.05. The first-order valence-corrected chi connectivity index (χ1v) is 8.90. The van der Waals surface area contributed by atoms with Gasteiger partial charge in [-0.1, -0.05) is 12.1 Å². The highest BCUT2D eigenvalue weighted by atomic mass is 19.4. The van der Waals surface area contributed by atoms with Gasteiger partial charge in [0, 0.05) is 13.1 Å². The first kappa shape index (κ1) is 22.4. The van der Waals surface area contributed by atoms with Crippen molar-refractivity contribution in [3.8, 4) is 0 Å². The zero-order valence-corrected chi connectivity index (χ0v) is 16.6. The molecular weight excluding hydrogens is 428 g/mol. The first-order chi connectivity index (χ1) is 14.3. The number of halogens is 6. The number of rotatable bonds is 4. The molecule has 2 heterocycles. The standard InChI is InChI=1S/C19H17F6N5O/c1-10-16(26-17(31)14-8-15(19(23,24)25)28-29(14)3)11(2)30(27-10)9-12-5-4-6-13(7-12)18(20,21)22/h4-8H,9H2,1-3H3,(H,26,31). The van der Waals surface area contributed by atoms with Gasteiger partial charge in [0.25, 0.3) is 5.91 Å². The van der Waals surface area contributed by atoms with Gasteiger partial charge in [0.1, 0.15) is 5.69 Å². The molecule has 0 atom stereocenters. The predicted octanol–water partition coefficient (Wildman–Crippen LogP) is 4.57. The fraction of sp³-hybridized carbons (Fsp3) is 0.316. The zero-order valence-electron chi connectivity index (χ0n) is 16.6. The number of amides is 1. The van der Waals surface area contributed by atoms with Crippen molar-refractivity contribution in [1.82, 2.24) is 19.6 Å². The van der Waals surface area contributed by atoms with Gasteiger partial charge < -0.3 is 5.32 Å². The van der Waals surface area contributed by atoms with Crippen LogP contribution in [0.15, 0.2) is 30.3 Å². The lowest BCUT2D eigenvalue weighted by Crippen LogP contribution is -2.17. The minimum atomic E-state index is -4.70. The number of benzene rings is 1. The van der Waals surface area contributed by atoms with E-state index in [4.69, 9.17) is 0 Å². The third-order valence-electron chi connectivity index (χ3n) is 4.61. The molecule has 0 fully saturated rings. The van der Waals surface area contributed by atoms with Gasteiger partial charge in [0.05, 0.1) is 29.2 Å². The van der Waals surface area contributed by atoms with Crippen LogP contribution in [0, 0.1) is 13.8 Å². The number of aromatic nitrogens is 4. The fourth-order valence-electron chi connectivity index (χ4n) is 3.05. The Labute approximate surface area is 172 Å². The molecule has 1 N–H and O–H groups in total. The van der Waals surface area contributed by atoms with Crippen molar-refractivity contribution in [3.05, 3.63) is 64.2 Å². The van der Waals surface area contributed by atoms with Crippen LogP contribution in [0.5, 0.6) is 0 Å². The largest absolute Gasteiger partial charge is 0.435 e. The second-order valence-corrected chi connectivity index (χ2v) is 6.89. The van der Waals surface area contributed by atoms with Gasteiger partial charge in [-0.05, 0) is 31.5 Å². The number of alkyl halides is 6. The molecule has 0 spiro atoms. The summed E-state index contributed by atoms with van der Waals surface area (Å²) in [6, 6.07) is 5.39. The van der Waals surface area contributed by atoms with Crippen molar-refractivity contribution >= 4 is 11.6 Å². The Bertz CT molecular complexity index is 1130. The summed E-state index contributed by atoms with van der Waals surface area (Å²) in [5.41, 5.74) is -0.911. The molecule has 1 aromatic carbocycles. The van der Waals surface area contributed by atoms with Crippen LogP contribution >= 0.6 is 0 Å². The summed E-state index contributed by atoms with van der Waals surface area (Å²) < 4.78 is 79.4. The normalized spacial score (nSPS) is 12.3. The molecule has 31 heavy (non-hydrogen) atoms. The van der Waals surface area contributed by atoms with E-state index in [0.29, 0.717) is 23.0 Å². The maximum absolute atomic E-state index is 12.9. The van der Waals surface area contributed by atoms with E-state index in [9.17, 15) is 31.1 Å². The highest BCUT2D eigenvalue weighted by Gasteiger charge is 2.35. The Kier molecular flexibility index (Phi) is 5.59. The SMILES string of the molecule is Cc1nn(Cc2cccc(C(F)(F)F)c2)c(C)c1NC(=O)c1cc(C(F)(F)F)nn1C. The zero-order chi connectivity index (χ0) is 23.1. The molecule has 3 aromatic rings. The minimum absolute atomic E-state index is 0.0103. The van der Waals surface area contributed by atoms with Crippen molar-refractivity contribution < 1.29 is 31.1 Å². The van der Waals surface area contributed by atoms with E-state index in [2.05, 4.69) is 15.5 Å². The monoisotopic (exact) mass is 445 g/mol. The van der Waals surface area contributed by atoms with Gasteiger partial charge in [-0.3, -0.25) is 14.2 Å². The number of hydrogen-bond acceptors (Lipinski definition) is 3. The van der Waals surface area contributed by atoms with Crippen LogP contribution < -0.4 is 5.32 Å². The molecule has 0 unspecified atom stereocenters. The highest BCUT2D eigenvalue weighted by Crippen LogP contribution is 2.31. The van der Waals surface area contributed by atoms with Crippen molar-refractivity contribution in [3.63, 3.8) is 0 Å². The lowest BCUT2D eigenvalue weighted by molar-refractivity contribution is -0.141. The van der Waals surface area contributed by atoms with E-state index in [-0.39, 0.29) is 17.9 Å². The van der Waals surface area contributed by atoms with Gasteiger partial charge in [0.15, 0.2) is 5.69 Å². The third-order valence-corrected chi connectivity index (χ3v) is 4.61. The Balaban J connectivity index is 1.84. The molecular formula is C19H17F6N5O. The van der Waals surface area contributed by atoms with E-state index in [1.54, 1.807) is 13.8 Å². The molecule has 2 aromatic heterocycles. The lowest BCUT2D eigenvalue weighted by atomic mass is 10.1. The van der Waals surface area contributed by atoms with Crippen molar-refractivity contribution in [1.29, 1.82) is 0 Å². The highest BCUT2D eigenvalue weighted by molar-refractivity contribution is 6.03. The maximum Gasteiger partial charge on any atom is 0.435 e. The summed E-state index contributed by atoms with van der Waals surface area (Å²) in [6.45, 7) is 3.17. The lowest BCUT2D eigenvalue weighted by Gasteiger charge is -2.10. The number of carbonyl (C=O) groups is 1. The Morgan fingerprint density at radius 2 is 1.71 bits per heavy atom. The number of carbonyl (C=O) groups excluding carboxylic acids is 1. The van der Waals surface area contributed by atoms with E-state index in [0.717, 1.165) is 16.8 Å². The maximum atomic E-state index is 12.9. The van der Waals surface area contributed by atoms with E-state index in [1.807, 2.05) is 0 Å². The smallest absolute Gasteiger partial charge is 0.317 e. The molecule has 0 saturated heterocycles. The van der Waals surface area contributed by atoms with Crippen LogP contribution in [0.4, 0.5) is 32.0 Å². The Morgan fingerprint density at radius 1 is 1.03 bits per heavy atom. The number of aryl methyl sites for hydroxylation is 2. The average molecular weight is 445 g/mol. The second kappa shape index (κ2) is 7.75. The molecule has 0 aliphatic carbocycles. The van der Waals surface area contributed by atoms with Gasteiger partial charge in [-0.2, -0.15) is 36.5 Å². The number of nitrogens with one attached hydrogen (secondary N) is 1. The van der Waals surface area contributed by atoms with Crippen LogP contribution in [0.2, 0.25) is 0 Å². The third kappa shape index (κ3) is 4.72. The van der Waals surface area contributed by atoms with E-state index >= 15 is 0 Å². The molecule has 0 saturated carbocycles. The Morgan fingerprint density at radius 3 is 2.29 bits per heavy atom. The van der Waals surface area contributed by atoms with Gasteiger partial charge in [-0.15, -0.1) is 0 Å². The first-order valence-electron chi connectivity index (χ1n) is 8.90. The molecule has 1 amide bonds. The molecule has 0 bridgehead atoms. The predicted molar refractivity (Wildman–Crippen MR) is 98.4 cm³/mol. The van der Waals surface area contributed by atoms with Crippen LogP contribution in [-0.4, -0.2) is 25.5 Å². The topological polar surface area (TPSA) is 64.7 Å². The summed E-state index contributed by atoms with van der Waals surface area (Å²) in [6.07, 6.45) is -9.18. The van der Waals surface area contributed by atoms with Gasteiger partial charge >= 0.3 is 12.4 Å². The molecule has 0 aliphatic heterocycles. The minimum Gasteiger partial charge on any atom is -0.317 e.